The minimum atomic E-state index is 0.500. The predicted molar refractivity (Wildman–Crippen MR) is 121 cm³/mol. The molecule has 0 radical (unpaired) electrons. The number of hydrogen-bond acceptors (Lipinski definition) is 4. The fourth-order valence-corrected chi connectivity index (χ4v) is 3.23. The lowest BCUT2D eigenvalue weighted by Gasteiger charge is -2.34. The monoisotopic (exact) mass is 396 g/mol. The van der Waals surface area contributed by atoms with E-state index >= 15 is 0 Å². The van der Waals surface area contributed by atoms with E-state index in [2.05, 4.69) is 58.3 Å². The number of anilines is 2. The third-order valence-electron chi connectivity index (χ3n) is 4.74. The Hall–Kier alpha value is -2.57. The fourth-order valence-electron chi connectivity index (χ4n) is 3.04. The van der Waals surface area contributed by atoms with E-state index in [0.29, 0.717) is 18.3 Å². The van der Waals surface area contributed by atoms with Crippen molar-refractivity contribution >= 4 is 28.7 Å². The average Bonchev–Trinajstić information content (AvgIpc) is 2.73. The van der Waals surface area contributed by atoms with Gasteiger partial charge in [0.1, 0.15) is 12.4 Å². The maximum atomic E-state index is 5.48. The largest absolute Gasteiger partial charge is 0.490 e. The third kappa shape index (κ3) is 5.97. The van der Waals surface area contributed by atoms with E-state index < -0.39 is 0 Å². The first-order valence-electron chi connectivity index (χ1n) is 9.55. The molecule has 148 valence electrons. The number of hydrogen-bond donors (Lipinski definition) is 2. The molecular weight excluding hydrogens is 368 g/mol. The molecule has 0 spiro atoms. The zero-order chi connectivity index (χ0) is 19.8. The Morgan fingerprint density at radius 3 is 2.39 bits per heavy atom. The third-order valence-corrected chi connectivity index (χ3v) is 4.98. The van der Waals surface area contributed by atoms with Gasteiger partial charge in [0.05, 0.1) is 0 Å². The van der Waals surface area contributed by atoms with Crippen molar-refractivity contribution < 1.29 is 4.74 Å². The van der Waals surface area contributed by atoms with Gasteiger partial charge >= 0.3 is 0 Å². The summed E-state index contributed by atoms with van der Waals surface area (Å²) >= 11 is 5.40. The second-order valence-electron chi connectivity index (χ2n) is 6.89. The molecule has 2 N–H and O–H groups in total. The van der Waals surface area contributed by atoms with Crippen LogP contribution in [0.3, 0.4) is 0 Å². The van der Waals surface area contributed by atoms with Gasteiger partial charge in [-0.2, -0.15) is 0 Å². The molecule has 0 aliphatic carbocycles. The Balaban J connectivity index is 1.44. The van der Waals surface area contributed by atoms with Gasteiger partial charge < -0.3 is 25.2 Å². The molecule has 5 nitrogen and oxygen atoms in total. The first kappa shape index (κ1) is 20.2. The Bertz CT molecular complexity index is 768. The van der Waals surface area contributed by atoms with Crippen LogP contribution in [0.25, 0.3) is 0 Å². The van der Waals surface area contributed by atoms with Gasteiger partial charge in [0, 0.05) is 44.1 Å². The highest BCUT2D eigenvalue weighted by molar-refractivity contribution is 7.80. The van der Waals surface area contributed by atoms with Gasteiger partial charge in [0.25, 0.3) is 0 Å². The van der Waals surface area contributed by atoms with Gasteiger partial charge in [-0.25, -0.2) is 0 Å². The van der Waals surface area contributed by atoms with E-state index in [1.54, 1.807) is 6.08 Å². The van der Waals surface area contributed by atoms with Crippen LogP contribution in [0, 0.1) is 0 Å². The summed E-state index contributed by atoms with van der Waals surface area (Å²) in [4.78, 5) is 4.80. The van der Waals surface area contributed by atoms with Crippen LogP contribution in [0.1, 0.15) is 5.56 Å². The molecule has 2 aromatic rings. The van der Waals surface area contributed by atoms with Crippen molar-refractivity contribution in [2.24, 2.45) is 0 Å². The van der Waals surface area contributed by atoms with Gasteiger partial charge in [0.15, 0.2) is 5.11 Å². The van der Waals surface area contributed by atoms with Crippen LogP contribution in [0.15, 0.2) is 61.2 Å². The van der Waals surface area contributed by atoms with E-state index in [1.807, 2.05) is 24.3 Å². The lowest BCUT2D eigenvalue weighted by Crippen LogP contribution is -2.44. The molecule has 0 saturated carbocycles. The summed E-state index contributed by atoms with van der Waals surface area (Å²) in [6.07, 6.45) is 1.73. The molecule has 28 heavy (non-hydrogen) atoms. The minimum Gasteiger partial charge on any atom is -0.490 e. The quantitative estimate of drug-likeness (QED) is 0.552. The lowest BCUT2D eigenvalue weighted by molar-refractivity contribution is 0.313. The van der Waals surface area contributed by atoms with E-state index in [0.717, 1.165) is 37.6 Å². The van der Waals surface area contributed by atoms with Crippen molar-refractivity contribution in [3.05, 3.63) is 66.7 Å². The number of likely N-dealkylation sites (N-methyl/N-ethyl adjacent to an activating group) is 1. The Kier molecular flexibility index (Phi) is 7.28. The summed E-state index contributed by atoms with van der Waals surface area (Å²) in [5, 5.41) is 7.05. The zero-order valence-electron chi connectivity index (χ0n) is 16.4. The first-order chi connectivity index (χ1) is 13.6. The number of benzene rings is 2. The summed E-state index contributed by atoms with van der Waals surface area (Å²) < 4.78 is 5.48. The summed E-state index contributed by atoms with van der Waals surface area (Å²) in [5.74, 6) is 0.810. The van der Waals surface area contributed by atoms with Crippen LogP contribution < -0.4 is 20.3 Å². The van der Waals surface area contributed by atoms with Crippen LogP contribution in [-0.2, 0) is 6.54 Å². The maximum absolute atomic E-state index is 5.48. The molecule has 1 aliphatic heterocycles. The molecule has 0 unspecified atom stereocenters. The molecular formula is C22H28N4OS. The normalized spacial score (nSPS) is 14.4. The first-order valence-corrected chi connectivity index (χ1v) is 9.96. The van der Waals surface area contributed by atoms with E-state index in [9.17, 15) is 0 Å². The number of thiocarbonyl (C=S) groups is 1. The maximum Gasteiger partial charge on any atom is 0.171 e. The van der Waals surface area contributed by atoms with E-state index in [1.165, 1.54) is 11.3 Å². The molecule has 0 aromatic heterocycles. The second-order valence-corrected chi connectivity index (χ2v) is 7.30. The molecule has 3 rings (SSSR count). The summed E-state index contributed by atoms with van der Waals surface area (Å²) in [7, 11) is 2.17. The molecule has 1 fully saturated rings. The Morgan fingerprint density at radius 1 is 1.07 bits per heavy atom. The van der Waals surface area contributed by atoms with Crippen molar-refractivity contribution in [1.29, 1.82) is 0 Å². The van der Waals surface area contributed by atoms with Gasteiger partial charge in [0.2, 0.25) is 0 Å². The highest BCUT2D eigenvalue weighted by Gasteiger charge is 2.13. The molecule has 1 heterocycles. The van der Waals surface area contributed by atoms with E-state index in [-0.39, 0.29) is 0 Å². The number of nitrogens with zero attached hydrogens (tertiary/aromatic N) is 2. The SMILES string of the molecule is C=CCOc1ccc(NC(=S)NCc2ccc(N3CCN(C)CC3)cc2)cc1. The van der Waals surface area contributed by atoms with Gasteiger partial charge in [-0.05, 0) is 61.2 Å². The van der Waals surface area contributed by atoms with Crippen LogP contribution in [-0.4, -0.2) is 49.8 Å². The fraction of sp³-hybridized carbons (Fsp3) is 0.318. The number of rotatable bonds is 7. The second kappa shape index (κ2) is 10.1. The van der Waals surface area contributed by atoms with E-state index in [4.69, 9.17) is 17.0 Å². The van der Waals surface area contributed by atoms with Crippen LogP contribution in [0.2, 0.25) is 0 Å². The summed E-state index contributed by atoms with van der Waals surface area (Å²) in [6, 6.07) is 16.4. The van der Waals surface area contributed by atoms with Crippen molar-refractivity contribution in [1.82, 2.24) is 10.2 Å². The summed E-state index contributed by atoms with van der Waals surface area (Å²) in [6.45, 7) is 9.23. The lowest BCUT2D eigenvalue weighted by atomic mass is 10.2. The molecule has 0 atom stereocenters. The highest BCUT2D eigenvalue weighted by Crippen LogP contribution is 2.18. The molecule has 1 aliphatic rings. The number of nitrogens with one attached hydrogen (secondary N) is 2. The molecule has 6 heteroatoms. The molecule has 0 bridgehead atoms. The van der Waals surface area contributed by atoms with Gasteiger partial charge in [-0.15, -0.1) is 0 Å². The van der Waals surface area contributed by atoms with Gasteiger partial charge in [-0.1, -0.05) is 24.8 Å². The van der Waals surface area contributed by atoms with Crippen LogP contribution in [0.5, 0.6) is 5.75 Å². The highest BCUT2D eigenvalue weighted by atomic mass is 32.1. The van der Waals surface area contributed by atoms with Gasteiger partial charge in [-0.3, -0.25) is 0 Å². The predicted octanol–water partition coefficient (Wildman–Crippen LogP) is 3.49. The smallest absolute Gasteiger partial charge is 0.171 e. The number of piperazine rings is 1. The Morgan fingerprint density at radius 2 is 1.75 bits per heavy atom. The van der Waals surface area contributed by atoms with Crippen molar-refractivity contribution in [3.8, 4) is 5.75 Å². The zero-order valence-corrected chi connectivity index (χ0v) is 17.2. The van der Waals surface area contributed by atoms with Crippen LogP contribution in [0.4, 0.5) is 11.4 Å². The average molecular weight is 397 g/mol. The topological polar surface area (TPSA) is 39.8 Å². The van der Waals surface area contributed by atoms with Crippen LogP contribution >= 0.6 is 12.2 Å². The number of ether oxygens (including phenoxy) is 1. The molecule has 0 amide bonds. The molecule has 2 aromatic carbocycles. The standard InChI is InChI=1S/C22H28N4OS/c1-3-16-27-21-10-6-19(7-11-21)24-22(28)23-17-18-4-8-20(9-5-18)26-14-12-25(2)13-15-26/h3-11H,1,12-17H2,2H3,(H2,23,24,28). The minimum absolute atomic E-state index is 0.500. The Labute approximate surface area is 173 Å². The molecule has 1 saturated heterocycles. The van der Waals surface area contributed by atoms with Crippen molar-refractivity contribution in [3.63, 3.8) is 0 Å². The summed E-state index contributed by atoms with van der Waals surface area (Å²) in [5.41, 5.74) is 3.42. The van der Waals surface area contributed by atoms with Crippen molar-refractivity contribution in [2.45, 2.75) is 6.54 Å². The van der Waals surface area contributed by atoms with Crippen molar-refractivity contribution in [2.75, 3.05) is 50.1 Å².